The lowest BCUT2D eigenvalue weighted by Crippen LogP contribution is -2.10. The van der Waals surface area contributed by atoms with Crippen molar-refractivity contribution in [1.29, 1.82) is 0 Å². The Labute approximate surface area is 177 Å². The molecule has 3 heterocycles. The normalized spacial score (nSPS) is 10.6. The van der Waals surface area contributed by atoms with Crippen LogP contribution in [0.15, 0.2) is 72.2 Å². The Morgan fingerprint density at radius 1 is 1.10 bits per heavy atom. The minimum atomic E-state index is -0.504. The van der Waals surface area contributed by atoms with Crippen LogP contribution < -0.4 is 5.32 Å². The van der Waals surface area contributed by atoms with Crippen molar-refractivity contribution < 1.29 is 14.3 Å². The van der Waals surface area contributed by atoms with Crippen molar-refractivity contribution in [3.8, 4) is 17.1 Å². The summed E-state index contributed by atoms with van der Waals surface area (Å²) in [6, 6.07) is 18.1. The number of hydrogen-bond acceptors (Lipinski definition) is 6. The summed E-state index contributed by atoms with van der Waals surface area (Å²) in [7, 11) is 0. The van der Waals surface area contributed by atoms with Crippen LogP contribution in [0.1, 0.15) is 27.1 Å². The zero-order chi connectivity index (χ0) is 20.9. The highest BCUT2D eigenvalue weighted by molar-refractivity contribution is 7.12. The molecule has 0 aliphatic heterocycles. The molecule has 0 radical (unpaired) electrons. The standard InChI is InChI=1S/C22H18N4O3S/c1-2-29-22(28)17-14-18(26(25-17)20-10-3-4-11-23-20)15-7-5-8-16(13-15)24-21(27)19-9-6-12-30-19/h3-14H,2H2,1H3,(H,24,27). The average molecular weight is 418 g/mol. The van der Waals surface area contributed by atoms with Crippen LogP contribution in [0, 0.1) is 0 Å². The third-order valence-corrected chi connectivity index (χ3v) is 5.09. The first-order chi connectivity index (χ1) is 14.7. The summed E-state index contributed by atoms with van der Waals surface area (Å²) in [6.07, 6.45) is 1.66. The van der Waals surface area contributed by atoms with E-state index in [0.717, 1.165) is 5.56 Å². The molecule has 3 aromatic heterocycles. The van der Waals surface area contributed by atoms with Gasteiger partial charge < -0.3 is 10.1 Å². The number of pyridine rings is 1. The molecule has 1 N–H and O–H groups in total. The van der Waals surface area contributed by atoms with Crippen molar-refractivity contribution in [2.24, 2.45) is 0 Å². The molecule has 7 nitrogen and oxygen atoms in total. The minimum absolute atomic E-state index is 0.174. The summed E-state index contributed by atoms with van der Waals surface area (Å²) in [5.74, 6) is -0.112. The van der Waals surface area contributed by atoms with Gasteiger partial charge in [0.05, 0.1) is 17.2 Å². The van der Waals surface area contributed by atoms with E-state index in [1.165, 1.54) is 11.3 Å². The van der Waals surface area contributed by atoms with Crippen LogP contribution in [0.25, 0.3) is 17.1 Å². The van der Waals surface area contributed by atoms with Gasteiger partial charge in [-0.2, -0.15) is 5.10 Å². The lowest BCUT2D eigenvalue weighted by atomic mass is 10.1. The van der Waals surface area contributed by atoms with Gasteiger partial charge in [0, 0.05) is 17.4 Å². The molecule has 1 aromatic carbocycles. The second kappa shape index (κ2) is 8.71. The molecule has 0 unspecified atom stereocenters. The van der Waals surface area contributed by atoms with Gasteiger partial charge in [0.1, 0.15) is 0 Å². The molecule has 4 aromatic rings. The Morgan fingerprint density at radius 3 is 2.73 bits per heavy atom. The van der Waals surface area contributed by atoms with E-state index in [0.29, 0.717) is 22.1 Å². The molecule has 1 amide bonds. The molecule has 0 bridgehead atoms. The van der Waals surface area contributed by atoms with E-state index in [1.807, 2.05) is 41.8 Å². The van der Waals surface area contributed by atoms with Crippen molar-refractivity contribution in [1.82, 2.24) is 14.8 Å². The number of nitrogens with zero attached hydrogens (tertiary/aromatic N) is 3. The lowest BCUT2D eigenvalue weighted by molar-refractivity contribution is 0.0519. The van der Waals surface area contributed by atoms with E-state index in [4.69, 9.17) is 4.74 Å². The van der Waals surface area contributed by atoms with Crippen molar-refractivity contribution in [2.45, 2.75) is 6.92 Å². The highest BCUT2D eigenvalue weighted by atomic mass is 32.1. The van der Waals surface area contributed by atoms with E-state index in [2.05, 4.69) is 15.4 Å². The van der Waals surface area contributed by atoms with Gasteiger partial charge in [-0.3, -0.25) is 4.79 Å². The Kier molecular flexibility index (Phi) is 5.67. The number of carbonyl (C=O) groups excluding carboxylic acids is 2. The number of benzene rings is 1. The molecule has 0 atom stereocenters. The molecule has 4 rings (SSSR count). The van der Waals surface area contributed by atoms with Crippen LogP contribution in [-0.4, -0.2) is 33.2 Å². The highest BCUT2D eigenvalue weighted by Crippen LogP contribution is 2.26. The molecule has 0 aliphatic rings. The number of rotatable bonds is 6. The second-order valence-corrected chi connectivity index (χ2v) is 7.19. The quantitative estimate of drug-likeness (QED) is 0.468. The smallest absolute Gasteiger partial charge is 0.358 e. The van der Waals surface area contributed by atoms with Gasteiger partial charge in [-0.25, -0.2) is 14.5 Å². The third-order valence-electron chi connectivity index (χ3n) is 4.22. The van der Waals surface area contributed by atoms with Gasteiger partial charge in [-0.15, -0.1) is 11.3 Å². The average Bonchev–Trinajstić information content (AvgIpc) is 3.45. The molecule has 0 saturated carbocycles. The molecule has 30 heavy (non-hydrogen) atoms. The first-order valence-electron chi connectivity index (χ1n) is 9.29. The molecule has 0 spiro atoms. The number of amides is 1. The van der Waals surface area contributed by atoms with E-state index in [-0.39, 0.29) is 18.2 Å². The van der Waals surface area contributed by atoms with E-state index < -0.39 is 5.97 Å². The van der Waals surface area contributed by atoms with E-state index in [1.54, 1.807) is 42.1 Å². The van der Waals surface area contributed by atoms with Crippen molar-refractivity contribution >= 4 is 28.9 Å². The third kappa shape index (κ3) is 4.13. The van der Waals surface area contributed by atoms with Crippen LogP contribution >= 0.6 is 11.3 Å². The first-order valence-corrected chi connectivity index (χ1v) is 10.2. The topological polar surface area (TPSA) is 86.1 Å². The van der Waals surface area contributed by atoms with Gasteiger partial charge in [0.25, 0.3) is 5.91 Å². The fourth-order valence-electron chi connectivity index (χ4n) is 2.90. The molecule has 150 valence electrons. The van der Waals surface area contributed by atoms with Crippen molar-refractivity contribution in [2.75, 3.05) is 11.9 Å². The molecule has 0 fully saturated rings. The zero-order valence-corrected chi connectivity index (χ0v) is 16.9. The predicted octanol–water partition coefficient (Wildman–Crippen LogP) is 4.42. The summed E-state index contributed by atoms with van der Waals surface area (Å²) in [5.41, 5.74) is 2.25. The number of carbonyl (C=O) groups is 2. The second-order valence-electron chi connectivity index (χ2n) is 6.25. The molecule has 0 saturated heterocycles. The Morgan fingerprint density at radius 2 is 2.00 bits per heavy atom. The maximum Gasteiger partial charge on any atom is 0.358 e. The van der Waals surface area contributed by atoms with Crippen molar-refractivity contribution in [3.63, 3.8) is 0 Å². The summed E-state index contributed by atoms with van der Waals surface area (Å²) < 4.78 is 6.68. The number of aromatic nitrogens is 3. The number of thiophene rings is 1. The Bertz CT molecular complexity index is 1170. The van der Waals surface area contributed by atoms with Crippen LogP contribution in [0.2, 0.25) is 0 Å². The van der Waals surface area contributed by atoms with Crippen LogP contribution in [0.3, 0.4) is 0 Å². The monoisotopic (exact) mass is 418 g/mol. The van der Waals surface area contributed by atoms with Gasteiger partial charge in [-0.1, -0.05) is 24.3 Å². The summed E-state index contributed by atoms with van der Waals surface area (Å²) in [6.45, 7) is 2.00. The largest absolute Gasteiger partial charge is 0.461 e. The summed E-state index contributed by atoms with van der Waals surface area (Å²) in [4.78, 5) is 29.6. The van der Waals surface area contributed by atoms with Gasteiger partial charge in [0.15, 0.2) is 11.5 Å². The van der Waals surface area contributed by atoms with Crippen LogP contribution in [0.4, 0.5) is 5.69 Å². The SMILES string of the molecule is CCOC(=O)c1cc(-c2cccc(NC(=O)c3cccs3)c2)n(-c2ccccn2)n1. The molecule has 0 aliphatic carbocycles. The zero-order valence-electron chi connectivity index (χ0n) is 16.1. The number of anilines is 1. The fraction of sp³-hybridized carbons (Fsp3) is 0.0909. The van der Waals surface area contributed by atoms with Crippen molar-refractivity contribution in [3.05, 3.63) is 82.8 Å². The molecular weight excluding hydrogens is 400 g/mol. The predicted molar refractivity (Wildman–Crippen MR) is 115 cm³/mol. The summed E-state index contributed by atoms with van der Waals surface area (Å²) in [5, 5.41) is 9.15. The number of ether oxygens (including phenoxy) is 1. The minimum Gasteiger partial charge on any atom is -0.461 e. The van der Waals surface area contributed by atoms with Gasteiger partial charge >= 0.3 is 5.97 Å². The summed E-state index contributed by atoms with van der Waals surface area (Å²) >= 11 is 1.38. The Balaban J connectivity index is 1.72. The molecular formula is C22H18N4O3S. The Hall–Kier alpha value is -3.78. The van der Waals surface area contributed by atoms with E-state index >= 15 is 0 Å². The van der Waals surface area contributed by atoms with Gasteiger partial charge in [0.2, 0.25) is 0 Å². The fourth-order valence-corrected chi connectivity index (χ4v) is 3.52. The number of nitrogens with one attached hydrogen (secondary N) is 1. The number of esters is 1. The van der Waals surface area contributed by atoms with Crippen LogP contribution in [0.5, 0.6) is 0 Å². The highest BCUT2D eigenvalue weighted by Gasteiger charge is 2.18. The number of hydrogen-bond donors (Lipinski definition) is 1. The first kappa shape index (κ1) is 19.5. The lowest BCUT2D eigenvalue weighted by Gasteiger charge is -2.09. The maximum atomic E-state index is 12.4. The maximum absolute atomic E-state index is 12.4. The van der Waals surface area contributed by atoms with E-state index in [9.17, 15) is 9.59 Å². The van der Waals surface area contributed by atoms with Crippen LogP contribution in [-0.2, 0) is 4.74 Å². The van der Waals surface area contributed by atoms with Gasteiger partial charge in [-0.05, 0) is 48.7 Å². The molecule has 8 heteroatoms.